The average molecular weight is 205 g/mol. The summed E-state index contributed by atoms with van der Waals surface area (Å²) in [6.07, 6.45) is 0.496. The van der Waals surface area contributed by atoms with Crippen molar-refractivity contribution in [2.75, 3.05) is 23.4 Å². The quantitative estimate of drug-likeness (QED) is 0.556. The molecule has 0 spiro atoms. The fourth-order valence-electron chi connectivity index (χ4n) is 1.30. The van der Waals surface area contributed by atoms with Crippen LogP contribution in [0.5, 0.6) is 0 Å². The molecule has 0 bridgehead atoms. The molecule has 5 heteroatoms. The minimum atomic E-state index is 0.496. The van der Waals surface area contributed by atoms with Crippen LogP contribution >= 0.6 is 0 Å². The summed E-state index contributed by atoms with van der Waals surface area (Å²) in [5.74, 6) is 6.74. The SMILES string of the molecule is CCN(CCC#N)c1cccc(NN)n1. The molecular weight excluding hydrogens is 190 g/mol. The first-order valence-corrected chi connectivity index (χ1v) is 4.87. The number of rotatable bonds is 5. The summed E-state index contributed by atoms with van der Waals surface area (Å²) in [4.78, 5) is 6.33. The standard InChI is InChI=1S/C10H15N5/c1-2-15(8-4-7-11)10-6-3-5-9(13-10)14-12/h3,5-6H,2,4,8,12H2,1H3,(H,13,14). The first kappa shape index (κ1) is 11.3. The molecule has 15 heavy (non-hydrogen) atoms. The molecule has 0 fully saturated rings. The van der Waals surface area contributed by atoms with Gasteiger partial charge in [-0.15, -0.1) is 0 Å². The third-order valence-electron chi connectivity index (χ3n) is 2.08. The molecule has 0 radical (unpaired) electrons. The van der Waals surface area contributed by atoms with Crippen LogP contribution in [-0.4, -0.2) is 18.1 Å². The summed E-state index contributed by atoms with van der Waals surface area (Å²) >= 11 is 0. The van der Waals surface area contributed by atoms with E-state index in [1.54, 1.807) is 6.07 Å². The van der Waals surface area contributed by atoms with Crippen molar-refractivity contribution in [3.8, 4) is 6.07 Å². The van der Waals surface area contributed by atoms with E-state index in [0.717, 1.165) is 12.4 Å². The number of hydrogen-bond donors (Lipinski definition) is 2. The number of nitrogen functional groups attached to an aromatic ring is 1. The Morgan fingerprint density at radius 1 is 1.60 bits per heavy atom. The Labute approximate surface area is 89.5 Å². The highest BCUT2D eigenvalue weighted by Crippen LogP contribution is 2.13. The smallest absolute Gasteiger partial charge is 0.142 e. The first-order chi connectivity index (χ1) is 7.31. The van der Waals surface area contributed by atoms with Gasteiger partial charge < -0.3 is 10.3 Å². The van der Waals surface area contributed by atoms with E-state index < -0.39 is 0 Å². The zero-order valence-corrected chi connectivity index (χ0v) is 8.77. The largest absolute Gasteiger partial charge is 0.356 e. The van der Waals surface area contributed by atoms with E-state index in [0.29, 0.717) is 18.8 Å². The summed E-state index contributed by atoms with van der Waals surface area (Å²) in [5, 5.41) is 8.53. The van der Waals surface area contributed by atoms with E-state index in [4.69, 9.17) is 11.1 Å². The lowest BCUT2D eigenvalue weighted by atomic mass is 10.3. The van der Waals surface area contributed by atoms with Gasteiger partial charge in [0.2, 0.25) is 0 Å². The Balaban J connectivity index is 2.77. The fraction of sp³-hybridized carbons (Fsp3) is 0.400. The number of aromatic nitrogens is 1. The molecule has 0 aliphatic carbocycles. The Morgan fingerprint density at radius 3 is 3.00 bits per heavy atom. The Kier molecular flexibility index (Phi) is 4.38. The Hall–Kier alpha value is -1.80. The lowest BCUT2D eigenvalue weighted by Gasteiger charge is -2.20. The predicted molar refractivity (Wildman–Crippen MR) is 60.2 cm³/mol. The molecule has 0 amide bonds. The number of anilines is 2. The van der Waals surface area contributed by atoms with Gasteiger partial charge in [0.1, 0.15) is 11.6 Å². The minimum absolute atomic E-state index is 0.496. The van der Waals surface area contributed by atoms with E-state index in [9.17, 15) is 0 Å². The van der Waals surface area contributed by atoms with Crippen LogP contribution in [0.1, 0.15) is 13.3 Å². The molecule has 0 aliphatic rings. The van der Waals surface area contributed by atoms with Gasteiger partial charge in [-0.1, -0.05) is 6.07 Å². The monoisotopic (exact) mass is 205 g/mol. The van der Waals surface area contributed by atoms with Crippen molar-refractivity contribution in [2.24, 2.45) is 5.84 Å². The molecule has 0 unspecified atom stereocenters. The summed E-state index contributed by atoms with van der Waals surface area (Å²) in [6, 6.07) is 7.70. The molecule has 1 rings (SSSR count). The van der Waals surface area contributed by atoms with Gasteiger partial charge in [0.25, 0.3) is 0 Å². The first-order valence-electron chi connectivity index (χ1n) is 4.87. The summed E-state index contributed by atoms with van der Waals surface area (Å²) in [7, 11) is 0. The van der Waals surface area contributed by atoms with Crippen LogP contribution in [0.15, 0.2) is 18.2 Å². The van der Waals surface area contributed by atoms with Crippen LogP contribution in [-0.2, 0) is 0 Å². The molecule has 0 saturated carbocycles. The second-order valence-corrected chi connectivity index (χ2v) is 3.01. The minimum Gasteiger partial charge on any atom is -0.356 e. The second kappa shape index (κ2) is 5.83. The average Bonchev–Trinajstić information content (AvgIpc) is 2.30. The zero-order valence-electron chi connectivity index (χ0n) is 8.77. The maximum absolute atomic E-state index is 8.53. The van der Waals surface area contributed by atoms with Crippen LogP contribution in [0.3, 0.4) is 0 Å². The molecule has 1 heterocycles. The third-order valence-corrected chi connectivity index (χ3v) is 2.08. The number of nitriles is 1. The van der Waals surface area contributed by atoms with Crippen molar-refractivity contribution in [3.63, 3.8) is 0 Å². The lowest BCUT2D eigenvalue weighted by molar-refractivity contribution is 0.811. The van der Waals surface area contributed by atoms with Gasteiger partial charge in [-0.3, -0.25) is 0 Å². The topological polar surface area (TPSA) is 78.0 Å². The van der Waals surface area contributed by atoms with Gasteiger partial charge in [-0.25, -0.2) is 10.8 Å². The molecule has 80 valence electrons. The highest BCUT2D eigenvalue weighted by molar-refractivity contribution is 5.46. The van der Waals surface area contributed by atoms with Crippen LogP contribution in [0.4, 0.5) is 11.6 Å². The van der Waals surface area contributed by atoms with Crippen LogP contribution in [0, 0.1) is 11.3 Å². The van der Waals surface area contributed by atoms with Gasteiger partial charge in [0, 0.05) is 13.1 Å². The van der Waals surface area contributed by atoms with E-state index in [1.165, 1.54) is 0 Å². The zero-order chi connectivity index (χ0) is 11.1. The maximum atomic E-state index is 8.53. The van der Waals surface area contributed by atoms with Crippen LogP contribution < -0.4 is 16.2 Å². The van der Waals surface area contributed by atoms with Crippen molar-refractivity contribution in [2.45, 2.75) is 13.3 Å². The Morgan fingerprint density at radius 2 is 2.40 bits per heavy atom. The van der Waals surface area contributed by atoms with Crippen molar-refractivity contribution in [1.82, 2.24) is 4.98 Å². The van der Waals surface area contributed by atoms with E-state index >= 15 is 0 Å². The lowest BCUT2D eigenvalue weighted by Crippen LogP contribution is -2.25. The van der Waals surface area contributed by atoms with Crippen LogP contribution in [0.2, 0.25) is 0 Å². The van der Waals surface area contributed by atoms with Crippen LogP contribution in [0.25, 0.3) is 0 Å². The van der Waals surface area contributed by atoms with Crippen molar-refractivity contribution >= 4 is 11.6 Å². The molecule has 0 aromatic carbocycles. The van der Waals surface area contributed by atoms with E-state index in [-0.39, 0.29) is 0 Å². The fourth-order valence-corrected chi connectivity index (χ4v) is 1.30. The van der Waals surface area contributed by atoms with Gasteiger partial charge in [0.05, 0.1) is 12.5 Å². The summed E-state index contributed by atoms with van der Waals surface area (Å²) in [6.45, 7) is 3.54. The molecule has 0 aliphatic heterocycles. The number of hydrogen-bond acceptors (Lipinski definition) is 5. The summed E-state index contributed by atoms with van der Waals surface area (Å²) < 4.78 is 0. The molecule has 5 nitrogen and oxygen atoms in total. The number of hydrazine groups is 1. The highest BCUT2D eigenvalue weighted by Gasteiger charge is 2.05. The molecule has 0 saturated heterocycles. The van der Waals surface area contributed by atoms with Gasteiger partial charge in [-0.05, 0) is 19.1 Å². The van der Waals surface area contributed by atoms with Crippen molar-refractivity contribution in [1.29, 1.82) is 5.26 Å². The van der Waals surface area contributed by atoms with E-state index in [2.05, 4.69) is 16.5 Å². The van der Waals surface area contributed by atoms with Crippen molar-refractivity contribution < 1.29 is 0 Å². The van der Waals surface area contributed by atoms with Gasteiger partial charge >= 0.3 is 0 Å². The third kappa shape index (κ3) is 3.11. The maximum Gasteiger partial charge on any atom is 0.142 e. The Bertz CT molecular complexity index is 344. The highest BCUT2D eigenvalue weighted by atomic mass is 15.3. The second-order valence-electron chi connectivity index (χ2n) is 3.01. The molecular formula is C10H15N5. The number of nitrogens with one attached hydrogen (secondary N) is 1. The summed E-state index contributed by atoms with van der Waals surface area (Å²) in [5.41, 5.74) is 2.50. The molecule has 1 aromatic rings. The number of nitrogens with two attached hydrogens (primary N) is 1. The molecule has 1 aromatic heterocycles. The van der Waals surface area contributed by atoms with Crippen molar-refractivity contribution in [3.05, 3.63) is 18.2 Å². The normalized spacial score (nSPS) is 9.40. The van der Waals surface area contributed by atoms with Gasteiger partial charge in [0.15, 0.2) is 0 Å². The number of nitrogens with zero attached hydrogens (tertiary/aromatic N) is 3. The molecule has 3 N–H and O–H groups in total. The molecule has 0 atom stereocenters. The van der Waals surface area contributed by atoms with E-state index in [1.807, 2.05) is 24.0 Å². The predicted octanol–water partition coefficient (Wildman–Crippen LogP) is 1.11. The van der Waals surface area contributed by atoms with Gasteiger partial charge in [-0.2, -0.15) is 5.26 Å². The number of pyridine rings is 1.